The molecule has 0 unspecified atom stereocenters. The van der Waals surface area contributed by atoms with Crippen molar-refractivity contribution in [3.63, 3.8) is 0 Å². The summed E-state index contributed by atoms with van der Waals surface area (Å²) >= 11 is 0. The van der Waals surface area contributed by atoms with Crippen molar-refractivity contribution in [3.8, 4) is 0 Å². The average molecular weight is 329 g/mol. The van der Waals surface area contributed by atoms with Gasteiger partial charge in [0, 0.05) is 24.3 Å². The first-order chi connectivity index (χ1) is 11.5. The monoisotopic (exact) mass is 329 g/mol. The number of aryl methyl sites for hydroxylation is 2. The van der Waals surface area contributed by atoms with Crippen LogP contribution in [0, 0.1) is 19.7 Å². The van der Waals surface area contributed by atoms with Gasteiger partial charge in [0.15, 0.2) is 0 Å². The SMILES string of the molecule is Cc1cccc(NC(=O)NCCNC(=O)c2ccc(C)c(F)c2)c1. The molecule has 0 spiro atoms. The first-order valence-electron chi connectivity index (χ1n) is 7.61. The van der Waals surface area contributed by atoms with Crippen LogP contribution in [-0.2, 0) is 0 Å². The number of nitrogens with one attached hydrogen (secondary N) is 3. The molecule has 3 N–H and O–H groups in total. The number of rotatable bonds is 5. The van der Waals surface area contributed by atoms with E-state index in [2.05, 4.69) is 16.0 Å². The Balaban J connectivity index is 1.73. The average Bonchev–Trinajstić information content (AvgIpc) is 2.54. The highest BCUT2D eigenvalue weighted by molar-refractivity contribution is 5.94. The van der Waals surface area contributed by atoms with E-state index in [1.54, 1.807) is 25.1 Å². The molecular weight excluding hydrogens is 309 g/mol. The van der Waals surface area contributed by atoms with E-state index in [4.69, 9.17) is 0 Å². The summed E-state index contributed by atoms with van der Waals surface area (Å²) in [7, 11) is 0. The lowest BCUT2D eigenvalue weighted by atomic mass is 10.1. The molecule has 2 aromatic rings. The van der Waals surface area contributed by atoms with Gasteiger partial charge in [-0.15, -0.1) is 0 Å². The van der Waals surface area contributed by atoms with Crippen LogP contribution in [0.25, 0.3) is 0 Å². The van der Waals surface area contributed by atoms with Gasteiger partial charge in [-0.2, -0.15) is 0 Å². The maximum absolute atomic E-state index is 13.4. The van der Waals surface area contributed by atoms with Gasteiger partial charge < -0.3 is 16.0 Å². The number of carbonyl (C=O) groups excluding carboxylic acids is 2. The van der Waals surface area contributed by atoms with E-state index in [1.807, 2.05) is 25.1 Å². The quantitative estimate of drug-likeness (QED) is 0.738. The zero-order valence-electron chi connectivity index (χ0n) is 13.7. The Labute approximate surface area is 140 Å². The lowest BCUT2D eigenvalue weighted by molar-refractivity contribution is 0.0953. The van der Waals surface area contributed by atoms with Crippen LogP contribution in [0.3, 0.4) is 0 Å². The van der Waals surface area contributed by atoms with Gasteiger partial charge in [-0.1, -0.05) is 18.2 Å². The van der Waals surface area contributed by atoms with Crippen LogP contribution in [0.5, 0.6) is 0 Å². The number of hydrogen-bond acceptors (Lipinski definition) is 2. The van der Waals surface area contributed by atoms with Gasteiger partial charge >= 0.3 is 6.03 Å². The highest BCUT2D eigenvalue weighted by Crippen LogP contribution is 2.09. The maximum Gasteiger partial charge on any atom is 0.319 e. The summed E-state index contributed by atoms with van der Waals surface area (Å²) < 4.78 is 13.4. The number of carbonyl (C=O) groups is 2. The van der Waals surface area contributed by atoms with Crippen LogP contribution < -0.4 is 16.0 Å². The molecule has 3 amide bonds. The van der Waals surface area contributed by atoms with Crippen molar-refractivity contribution in [1.82, 2.24) is 10.6 Å². The number of benzene rings is 2. The molecule has 0 saturated heterocycles. The largest absolute Gasteiger partial charge is 0.350 e. The Kier molecular flexibility index (Phi) is 5.89. The third-order valence-corrected chi connectivity index (χ3v) is 3.41. The standard InChI is InChI=1S/C18H20FN3O2/c1-12-4-3-5-15(10-12)22-18(24)21-9-8-20-17(23)14-7-6-13(2)16(19)11-14/h3-7,10-11H,8-9H2,1-2H3,(H,20,23)(H2,21,22,24). The Morgan fingerprint density at radius 1 is 1.00 bits per heavy atom. The molecule has 0 aliphatic rings. The second-order valence-corrected chi connectivity index (χ2v) is 5.47. The van der Waals surface area contributed by atoms with Gasteiger partial charge in [-0.25, -0.2) is 9.18 Å². The summed E-state index contributed by atoms with van der Waals surface area (Å²) in [6.45, 7) is 4.08. The fraction of sp³-hybridized carbons (Fsp3) is 0.222. The molecule has 2 aromatic carbocycles. The molecule has 0 aliphatic carbocycles. The molecule has 0 saturated carbocycles. The molecule has 0 heterocycles. The second kappa shape index (κ2) is 8.10. The first-order valence-corrected chi connectivity index (χ1v) is 7.61. The van der Waals surface area contributed by atoms with Gasteiger partial charge in [0.2, 0.25) is 0 Å². The highest BCUT2D eigenvalue weighted by Gasteiger charge is 2.08. The number of anilines is 1. The zero-order valence-corrected chi connectivity index (χ0v) is 13.7. The minimum atomic E-state index is -0.418. The van der Waals surface area contributed by atoms with Crippen LogP contribution in [0.2, 0.25) is 0 Å². The van der Waals surface area contributed by atoms with Crippen LogP contribution in [0.15, 0.2) is 42.5 Å². The van der Waals surface area contributed by atoms with Crippen molar-refractivity contribution >= 4 is 17.6 Å². The van der Waals surface area contributed by atoms with Gasteiger partial charge in [0.05, 0.1) is 0 Å². The van der Waals surface area contributed by atoms with Gasteiger partial charge in [0.1, 0.15) is 5.82 Å². The van der Waals surface area contributed by atoms with Crippen LogP contribution >= 0.6 is 0 Å². The smallest absolute Gasteiger partial charge is 0.319 e. The first kappa shape index (κ1) is 17.5. The van der Waals surface area contributed by atoms with E-state index in [0.29, 0.717) is 11.3 Å². The number of halogens is 1. The molecule has 0 aliphatic heterocycles. The molecule has 24 heavy (non-hydrogen) atoms. The van der Waals surface area contributed by atoms with Crippen molar-refractivity contribution in [1.29, 1.82) is 0 Å². The third kappa shape index (κ3) is 5.08. The Morgan fingerprint density at radius 3 is 2.46 bits per heavy atom. The number of hydrogen-bond donors (Lipinski definition) is 3. The van der Waals surface area contributed by atoms with E-state index in [1.165, 1.54) is 6.07 Å². The van der Waals surface area contributed by atoms with Crippen molar-refractivity contribution in [3.05, 3.63) is 65.0 Å². The summed E-state index contributed by atoms with van der Waals surface area (Å²) in [5.74, 6) is -0.798. The Morgan fingerprint density at radius 2 is 1.75 bits per heavy atom. The summed E-state index contributed by atoms with van der Waals surface area (Å²) in [5.41, 5.74) is 2.49. The fourth-order valence-electron chi connectivity index (χ4n) is 2.09. The molecule has 6 heteroatoms. The summed E-state index contributed by atoms with van der Waals surface area (Å²) in [5, 5.41) is 7.97. The molecule has 0 radical (unpaired) electrons. The second-order valence-electron chi connectivity index (χ2n) is 5.47. The lowest BCUT2D eigenvalue weighted by Gasteiger charge is -2.09. The Hall–Kier alpha value is -2.89. The summed E-state index contributed by atoms with van der Waals surface area (Å²) in [6.07, 6.45) is 0. The minimum Gasteiger partial charge on any atom is -0.350 e. The van der Waals surface area contributed by atoms with Crippen molar-refractivity contribution in [2.24, 2.45) is 0 Å². The predicted octanol–water partition coefficient (Wildman–Crippen LogP) is 2.99. The molecule has 5 nitrogen and oxygen atoms in total. The molecule has 2 rings (SSSR count). The lowest BCUT2D eigenvalue weighted by Crippen LogP contribution is -2.36. The highest BCUT2D eigenvalue weighted by atomic mass is 19.1. The predicted molar refractivity (Wildman–Crippen MR) is 91.7 cm³/mol. The van der Waals surface area contributed by atoms with E-state index in [-0.39, 0.29) is 30.6 Å². The molecular formula is C18H20FN3O2. The molecule has 126 valence electrons. The fourth-order valence-corrected chi connectivity index (χ4v) is 2.09. The Bertz CT molecular complexity index is 747. The third-order valence-electron chi connectivity index (χ3n) is 3.41. The summed E-state index contributed by atoms with van der Waals surface area (Å²) in [6, 6.07) is 11.4. The molecule has 0 fully saturated rings. The van der Waals surface area contributed by atoms with E-state index >= 15 is 0 Å². The van der Waals surface area contributed by atoms with E-state index in [9.17, 15) is 14.0 Å². The molecule has 0 atom stereocenters. The topological polar surface area (TPSA) is 70.2 Å². The number of urea groups is 1. The molecule has 0 aromatic heterocycles. The van der Waals surface area contributed by atoms with Crippen LogP contribution in [0.4, 0.5) is 14.9 Å². The number of amides is 3. The van der Waals surface area contributed by atoms with Crippen molar-refractivity contribution in [2.45, 2.75) is 13.8 Å². The van der Waals surface area contributed by atoms with E-state index in [0.717, 1.165) is 5.56 Å². The normalized spacial score (nSPS) is 10.1. The summed E-state index contributed by atoms with van der Waals surface area (Å²) in [4.78, 5) is 23.6. The van der Waals surface area contributed by atoms with Crippen LogP contribution in [0.1, 0.15) is 21.5 Å². The minimum absolute atomic E-state index is 0.246. The zero-order chi connectivity index (χ0) is 17.5. The van der Waals surface area contributed by atoms with Gasteiger partial charge in [0.25, 0.3) is 5.91 Å². The van der Waals surface area contributed by atoms with Gasteiger partial charge in [-0.05, 0) is 49.2 Å². The van der Waals surface area contributed by atoms with Crippen LogP contribution in [-0.4, -0.2) is 25.0 Å². The van der Waals surface area contributed by atoms with E-state index < -0.39 is 5.82 Å². The van der Waals surface area contributed by atoms with Gasteiger partial charge in [-0.3, -0.25) is 4.79 Å². The van der Waals surface area contributed by atoms with Crippen molar-refractivity contribution < 1.29 is 14.0 Å². The maximum atomic E-state index is 13.4. The molecule has 0 bridgehead atoms. The van der Waals surface area contributed by atoms with Crippen molar-refractivity contribution in [2.75, 3.05) is 18.4 Å².